The van der Waals surface area contributed by atoms with Crippen LogP contribution in [0.25, 0.3) is 0 Å². The Kier molecular flexibility index (Phi) is 4.27. The fourth-order valence-electron chi connectivity index (χ4n) is 1.53. The second-order valence-electron chi connectivity index (χ2n) is 4.00. The van der Waals surface area contributed by atoms with Gasteiger partial charge in [0.1, 0.15) is 4.99 Å². The predicted molar refractivity (Wildman–Crippen MR) is 84.6 cm³/mol. The molecule has 0 aliphatic heterocycles. The van der Waals surface area contributed by atoms with Gasteiger partial charge in [0, 0.05) is 16.3 Å². The summed E-state index contributed by atoms with van der Waals surface area (Å²) in [6, 6.07) is 12.4. The molecule has 4 nitrogen and oxygen atoms in total. The predicted octanol–water partition coefficient (Wildman–Crippen LogP) is 2.78. The molecule has 0 aromatic heterocycles. The Morgan fingerprint density at radius 3 is 2.10 bits per heavy atom. The minimum absolute atomic E-state index is 0.139. The highest BCUT2D eigenvalue weighted by Crippen LogP contribution is 2.18. The minimum atomic E-state index is -3.64. The van der Waals surface area contributed by atoms with Gasteiger partial charge in [0.15, 0.2) is 0 Å². The van der Waals surface area contributed by atoms with Crippen molar-refractivity contribution in [2.75, 3.05) is 4.72 Å². The van der Waals surface area contributed by atoms with Crippen molar-refractivity contribution in [3.8, 4) is 0 Å². The molecule has 104 valence electrons. The lowest BCUT2D eigenvalue weighted by molar-refractivity contribution is 0.601. The number of benzene rings is 2. The Morgan fingerprint density at radius 2 is 1.60 bits per heavy atom. The van der Waals surface area contributed by atoms with Crippen molar-refractivity contribution >= 4 is 44.5 Å². The number of nitrogens with one attached hydrogen (secondary N) is 1. The van der Waals surface area contributed by atoms with E-state index in [1.807, 2.05) is 0 Å². The molecule has 20 heavy (non-hydrogen) atoms. The maximum absolute atomic E-state index is 12.1. The molecule has 0 amide bonds. The van der Waals surface area contributed by atoms with Crippen molar-refractivity contribution in [3.05, 3.63) is 59.1 Å². The Bertz CT molecular complexity index is 726. The van der Waals surface area contributed by atoms with E-state index in [0.717, 1.165) is 0 Å². The number of hydrogen-bond acceptors (Lipinski definition) is 3. The third-order valence-electron chi connectivity index (χ3n) is 2.55. The van der Waals surface area contributed by atoms with Crippen molar-refractivity contribution in [3.63, 3.8) is 0 Å². The summed E-state index contributed by atoms with van der Waals surface area (Å²) in [4.78, 5) is 0.400. The summed E-state index contributed by atoms with van der Waals surface area (Å²) < 4.78 is 26.7. The van der Waals surface area contributed by atoms with Gasteiger partial charge in [-0.1, -0.05) is 23.8 Å². The molecule has 2 aromatic rings. The average Bonchev–Trinajstić information content (AvgIpc) is 2.39. The summed E-state index contributed by atoms with van der Waals surface area (Å²) in [6.07, 6.45) is 0. The van der Waals surface area contributed by atoms with Crippen LogP contribution in [0.2, 0.25) is 5.02 Å². The number of hydrogen-bond donors (Lipinski definition) is 2. The Labute approximate surface area is 127 Å². The largest absolute Gasteiger partial charge is 0.389 e. The monoisotopic (exact) mass is 326 g/mol. The van der Waals surface area contributed by atoms with Crippen LogP contribution in [-0.2, 0) is 10.0 Å². The molecule has 0 aliphatic carbocycles. The minimum Gasteiger partial charge on any atom is -0.389 e. The fourth-order valence-corrected chi connectivity index (χ4v) is 2.85. The second kappa shape index (κ2) is 5.78. The first kappa shape index (κ1) is 14.8. The van der Waals surface area contributed by atoms with Crippen molar-refractivity contribution in [2.24, 2.45) is 5.73 Å². The van der Waals surface area contributed by atoms with Gasteiger partial charge in [0.2, 0.25) is 0 Å². The van der Waals surface area contributed by atoms with E-state index in [0.29, 0.717) is 16.3 Å². The maximum Gasteiger partial charge on any atom is 0.261 e. The van der Waals surface area contributed by atoms with Crippen molar-refractivity contribution in [1.29, 1.82) is 0 Å². The van der Waals surface area contributed by atoms with Crippen LogP contribution in [0.15, 0.2) is 53.4 Å². The lowest BCUT2D eigenvalue weighted by Gasteiger charge is -2.08. The first-order chi connectivity index (χ1) is 9.38. The molecule has 2 aromatic carbocycles. The lowest BCUT2D eigenvalue weighted by atomic mass is 10.2. The second-order valence-corrected chi connectivity index (χ2v) is 6.56. The number of halogens is 1. The van der Waals surface area contributed by atoms with Crippen LogP contribution in [0, 0.1) is 0 Å². The van der Waals surface area contributed by atoms with Gasteiger partial charge in [-0.3, -0.25) is 4.72 Å². The van der Waals surface area contributed by atoms with Gasteiger partial charge in [0.05, 0.1) is 4.90 Å². The molecule has 0 unspecified atom stereocenters. The quantitative estimate of drug-likeness (QED) is 0.847. The Balaban J connectivity index is 2.24. The standard InChI is InChI=1S/C13H11ClN2O2S2/c14-10-3-7-12(8-4-10)20(17,18)16-11-5-1-9(2-6-11)13(15)19/h1-8,16H,(H2,15,19). The van der Waals surface area contributed by atoms with E-state index in [-0.39, 0.29) is 9.88 Å². The number of nitrogens with two attached hydrogens (primary N) is 1. The van der Waals surface area contributed by atoms with E-state index in [1.54, 1.807) is 24.3 Å². The molecule has 0 bridgehead atoms. The molecular weight excluding hydrogens is 316 g/mol. The summed E-state index contributed by atoms with van der Waals surface area (Å²) in [5.41, 5.74) is 6.58. The van der Waals surface area contributed by atoms with Crippen LogP contribution in [0.1, 0.15) is 5.56 Å². The van der Waals surface area contributed by atoms with Crippen molar-refractivity contribution in [2.45, 2.75) is 4.90 Å². The van der Waals surface area contributed by atoms with Gasteiger partial charge in [-0.05, 0) is 48.5 Å². The zero-order chi connectivity index (χ0) is 14.8. The number of anilines is 1. The molecule has 0 fully saturated rings. The van der Waals surface area contributed by atoms with E-state index in [2.05, 4.69) is 4.72 Å². The maximum atomic E-state index is 12.1. The summed E-state index contributed by atoms with van der Waals surface area (Å²) in [6.45, 7) is 0. The fraction of sp³-hybridized carbons (Fsp3) is 0. The topological polar surface area (TPSA) is 72.2 Å². The Morgan fingerprint density at radius 1 is 1.05 bits per heavy atom. The first-order valence-electron chi connectivity index (χ1n) is 5.57. The first-order valence-corrected chi connectivity index (χ1v) is 7.84. The summed E-state index contributed by atoms with van der Waals surface area (Å²) in [5.74, 6) is 0. The SMILES string of the molecule is NC(=S)c1ccc(NS(=O)(=O)c2ccc(Cl)cc2)cc1. The number of rotatable bonds is 4. The summed E-state index contributed by atoms with van der Waals surface area (Å²) in [7, 11) is -3.64. The number of thiocarbonyl (C=S) groups is 1. The highest BCUT2D eigenvalue weighted by atomic mass is 35.5. The van der Waals surface area contributed by atoms with Gasteiger partial charge in [-0.2, -0.15) is 0 Å². The molecule has 0 spiro atoms. The molecule has 0 heterocycles. The zero-order valence-electron chi connectivity index (χ0n) is 10.2. The third kappa shape index (κ3) is 3.47. The molecule has 0 radical (unpaired) electrons. The van der Waals surface area contributed by atoms with Crippen LogP contribution in [0.3, 0.4) is 0 Å². The van der Waals surface area contributed by atoms with E-state index < -0.39 is 10.0 Å². The molecule has 7 heteroatoms. The average molecular weight is 327 g/mol. The summed E-state index contributed by atoms with van der Waals surface area (Å²) >= 11 is 10.6. The van der Waals surface area contributed by atoms with Crippen LogP contribution in [-0.4, -0.2) is 13.4 Å². The van der Waals surface area contributed by atoms with E-state index in [4.69, 9.17) is 29.6 Å². The van der Waals surface area contributed by atoms with E-state index in [1.165, 1.54) is 24.3 Å². The normalized spacial score (nSPS) is 11.1. The molecule has 2 rings (SSSR count). The highest BCUT2D eigenvalue weighted by Gasteiger charge is 2.13. The molecule has 3 N–H and O–H groups in total. The molecule has 0 saturated heterocycles. The third-order valence-corrected chi connectivity index (χ3v) is 4.43. The van der Waals surface area contributed by atoms with Gasteiger partial charge in [-0.25, -0.2) is 8.42 Å². The smallest absolute Gasteiger partial charge is 0.261 e. The van der Waals surface area contributed by atoms with Gasteiger partial charge >= 0.3 is 0 Å². The van der Waals surface area contributed by atoms with Gasteiger partial charge < -0.3 is 5.73 Å². The van der Waals surface area contributed by atoms with E-state index in [9.17, 15) is 8.42 Å². The summed E-state index contributed by atoms with van der Waals surface area (Å²) in [5, 5.41) is 0.477. The van der Waals surface area contributed by atoms with Crippen LogP contribution >= 0.6 is 23.8 Å². The lowest BCUT2D eigenvalue weighted by Crippen LogP contribution is -2.13. The van der Waals surface area contributed by atoms with Crippen molar-refractivity contribution < 1.29 is 8.42 Å². The molecular formula is C13H11ClN2O2S2. The van der Waals surface area contributed by atoms with Gasteiger partial charge in [0.25, 0.3) is 10.0 Å². The molecule has 0 aliphatic rings. The highest BCUT2D eigenvalue weighted by molar-refractivity contribution is 7.92. The molecule has 0 saturated carbocycles. The van der Waals surface area contributed by atoms with Crippen LogP contribution in [0.5, 0.6) is 0 Å². The van der Waals surface area contributed by atoms with Gasteiger partial charge in [-0.15, -0.1) is 0 Å². The Hall–Kier alpha value is -1.63. The zero-order valence-corrected chi connectivity index (χ0v) is 12.6. The van der Waals surface area contributed by atoms with Crippen molar-refractivity contribution in [1.82, 2.24) is 0 Å². The molecule has 0 atom stereocenters. The van der Waals surface area contributed by atoms with E-state index >= 15 is 0 Å². The van der Waals surface area contributed by atoms with Crippen LogP contribution < -0.4 is 10.5 Å². The number of sulfonamides is 1. The van der Waals surface area contributed by atoms with Crippen LogP contribution in [0.4, 0.5) is 5.69 Å².